The number of nitro groups is 1. The molecule has 2 rings (SSSR count). The molecule has 0 aliphatic carbocycles. The SMILES string of the molecule is Cc1ccc(NC(C[N+](=O)[O-])c2ccccc2C)cc1. The van der Waals surface area contributed by atoms with Crippen LogP contribution in [0.4, 0.5) is 5.69 Å². The van der Waals surface area contributed by atoms with E-state index in [2.05, 4.69) is 5.32 Å². The van der Waals surface area contributed by atoms with E-state index in [0.717, 1.165) is 22.4 Å². The first-order valence-electron chi connectivity index (χ1n) is 6.57. The van der Waals surface area contributed by atoms with Crippen molar-refractivity contribution in [2.24, 2.45) is 0 Å². The first-order valence-corrected chi connectivity index (χ1v) is 6.57. The molecule has 0 aliphatic rings. The second-order valence-electron chi connectivity index (χ2n) is 4.93. The van der Waals surface area contributed by atoms with Gasteiger partial charge in [-0.2, -0.15) is 0 Å². The highest BCUT2D eigenvalue weighted by Gasteiger charge is 2.19. The molecule has 0 heterocycles. The Bertz CT molecular complexity index is 594. The molecule has 20 heavy (non-hydrogen) atoms. The Morgan fingerprint density at radius 3 is 2.35 bits per heavy atom. The number of benzene rings is 2. The second kappa shape index (κ2) is 6.19. The maximum absolute atomic E-state index is 10.9. The summed E-state index contributed by atoms with van der Waals surface area (Å²) in [7, 11) is 0. The predicted molar refractivity (Wildman–Crippen MR) is 80.6 cm³/mol. The van der Waals surface area contributed by atoms with E-state index >= 15 is 0 Å². The molecular formula is C16H18N2O2. The molecule has 0 saturated heterocycles. The predicted octanol–water partition coefficient (Wildman–Crippen LogP) is 3.73. The Morgan fingerprint density at radius 2 is 1.75 bits per heavy atom. The van der Waals surface area contributed by atoms with Gasteiger partial charge in [0.15, 0.2) is 0 Å². The van der Waals surface area contributed by atoms with Gasteiger partial charge in [0.1, 0.15) is 6.04 Å². The van der Waals surface area contributed by atoms with E-state index in [0.29, 0.717) is 0 Å². The third kappa shape index (κ3) is 3.57. The number of rotatable bonds is 5. The fourth-order valence-corrected chi connectivity index (χ4v) is 2.20. The lowest BCUT2D eigenvalue weighted by Gasteiger charge is -2.18. The minimum absolute atomic E-state index is 0.140. The Labute approximate surface area is 118 Å². The molecule has 1 unspecified atom stereocenters. The van der Waals surface area contributed by atoms with Crippen molar-refractivity contribution in [2.45, 2.75) is 19.9 Å². The van der Waals surface area contributed by atoms with E-state index in [9.17, 15) is 10.1 Å². The van der Waals surface area contributed by atoms with Gasteiger partial charge in [-0.15, -0.1) is 0 Å². The molecule has 1 N–H and O–H groups in total. The standard InChI is InChI=1S/C16H18N2O2/c1-12-7-9-14(10-8-12)17-16(11-18(19)20)15-6-4-3-5-13(15)2/h3-10,16-17H,11H2,1-2H3. The van der Waals surface area contributed by atoms with Gasteiger partial charge in [0, 0.05) is 10.6 Å². The van der Waals surface area contributed by atoms with E-state index in [1.165, 1.54) is 0 Å². The number of hydrogen-bond acceptors (Lipinski definition) is 3. The summed E-state index contributed by atoms with van der Waals surface area (Å²) in [6.07, 6.45) is 0. The molecule has 0 aliphatic heterocycles. The Morgan fingerprint density at radius 1 is 1.10 bits per heavy atom. The number of nitrogens with one attached hydrogen (secondary N) is 1. The molecule has 1 atom stereocenters. The molecule has 0 fully saturated rings. The molecule has 4 heteroatoms. The Balaban J connectivity index is 2.26. The zero-order valence-electron chi connectivity index (χ0n) is 11.7. The molecular weight excluding hydrogens is 252 g/mol. The second-order valence-corrected chi connectivity index (χ2v) is 4.93. The Hall–Kier alpha value is -2.36. The fraction of sp³-hybridized carbons (Fsp3) is 0.250. The minimum Gasteiger partial charge on any atom is -0.372 e. The summed E-state index contributed by atoms with van der Waals surface area (Å²) < 4.78 is 0. The summed E-state index contributed by atoms with van der Waals surface area (Å²) >= 11 is 0. The number of nitrogens with zero attached hydrogens (tertiary/aromatic N) is 1. The highest BCUT2D eigenvalue weighted by atomic mass is 16.6. The van der Waals surface area contributed by atoms with Crippen LogP contribution in [0.3, 0.4) is 0 Å². The fourth-order valence-electron chi connectivity index (χ4n) is 2.20. The summed E-state index contributed by atoms with van der Waals surface area (Å²) in [5.41, 5.74) is 4.08. The van der Waals surface area contributed by atoms with Gasteiger partial charge in [-0.05, 0) is 37.1 Å². The maximum atomic E-state index is 10.9. The van der Waals surface area contributed by atoms with Crippen molar-refractivity contribution in [3.05, 3.63) is 75.3 Å². The van der Waals surface area contributed by atoms with Crippen LogP contribution in [-0.4, -0.2) is 11.5 Å². The van der Waals surface area contributed by atoms with Gasteiger partial charge in [-0.1, -0.05) is 42.0 Å². The normalized spacial score (nSPS) is 11.9. The van der Waals surface area contributed by atoms with Crippen molar-refractivity contribution >= 4 is 5.69 Å². The number of hydrogen-bond donors (Lipinski definition) is 1. The van der Waals surface area contributed by atoms with Crippen molar-refractivity contribution in [2.75, 3.05) is 11.9 Å². The summed E-state index contributed by atoms with van der Waals surface area (Å²) in [6.45, 7) is 3.84. The van der Waals surface area contributed by atoms with Gasteiger partial charge in [-0.25, -0.2) is 0 Å². The topological polar surface area (TPSA) is 55.2 Å². The average molecular weight is 270 g/mol. The van der Waals surface area contributed by atoms with E-state index in [1.807, 2.05) is 62.4 Å². The van der Waals surface area contributed by atoms with Gasteiger partial charge >= 0.3 is 0 Å². The van der Waals surface area contributed by atoms with Gasteiger partial charge in [-0.3, -0.25) is 10.1 Å². The van der Waals surface area contributed by atoms with Crippen LogP contribution in [0.5, 0.6) is 0 Å². The Kier molecular flexibility index (Phi) is 4.35. The van der Waals surface area contributed by atoms with Gasteiger partial charge in [0.2, 0.25) is 6.54 Å². The van der Waals surface area contributed by atoms with Crippen molar-refractivity contribution in [3.8, 4) is 0 Å². The van der Waals surface area contributed by atoms with Crippen LogP contribution >= 0.6 is 0 Å². The third-order valence-electron chi connectivity index (χ3n) is 3.29. The van der Waals surface area contributed by atoms with E-state index in [1.54, 1.807) is 0 Å². The average Bonchev–Trinajstić information content (AvgIpc) is 2.41. The van der Waals surface area contributed by atoms with E-state index < -0.39 is 0 Å². The van der Waals surface area contributed by atoms with Crippen molar-refractivity contribution in [1.82, 2.24) is 0 Å². The van der Waals surface area contributed by atoms with Crippen LogP contribution in [0.25, 0.3) is 0 Å². The number of aryl methyl sites for hydroxylation is 2. The maximum Gasteiger partial charge on any atom is 0.227 e. The quantitative estimate of drug-likeness (QED) is 0.665. The highest BCUT2D eigenvalue weighted by Crippen LogP contribution is 2.23. The third-order valence-corrected chi connectivity index (χ3v) is 3.29. The molecule has 2 aromatic carbocycles. The molecule has 0 spiro atoms. The lowest BCUT2D eigenvalue weighted by Crippen LogP contribution is -2.21. The molecule has 104 valence electrons. The molecule has 2 aromatic rings. The molecule has 0 amide bonds. The van der Waals surface area contributed by atoms with Crippen molar-refractivity contribution < 1.29 is 4.92 Å². The van der Waals surface area contributed by atoms with Crippen LogP contribution in [0.15, 0.2) is 48.5 Å². The van der Waals surface area contributed by atoms with Crippen LogP contribution < -0.4 is 5.32 Å². The molecule has 0 radical (unpaired) electrons. The van der Waals surface area contributed by atoms with Crippen LogP contribution in [0, 0.1) is 24.0 Å². The molecule has 4 nitrogen and oxygen atoms in total. The monoisotopic (exact) mass is 270 g/mol. The summed E-state index contributed by atoms with van der Waals surface area (Å²) in [5.74, 6) is 0. The van der Waals surface area contributed by atoms with Crippen molar-refractivity contribution in [3.63, 3.8) is 0 Å². The van der Waals surface area contributed by atoms with E-state index in [-0.39, 0.29) is 17.5 Å². The van der Waals surface area contributed by atoms with Crippen LogP contribution in [0.1, 0.15) is 22.7 Å². The smallest absolute Gasteiger partial charge is 0.227 e. The van der Waals surface area contributed by atoms with Crippen molar-refractivity contribution in [1.29, 1.82) is 0 Å². The molecule has 0 aromatic heterocycles. The zero-order valence-corrected chi connectivity index (χ0v) is 11.7. The van der Waals surface area contributed by atoms with Crippen LogP contribution in [0.2, 0.25) is 0 Å². The number of anilines is 1. The summed E-state index contributed by atoms with van der Waals surface area (Å²) in [5, 5.41) is 14.2. The highest BCUT2D eigenvalue weighted by molar-refractivity contribution is 5.47. The largest absolute Gasteiger partial charge is 0.372 e. The van der Waals surface area contributed by atoms with Gasteiger partial charge in [0.05, 0.1) is 0 Å². The minimum atomic E-state index is -0.325. The lowest BCUT2D eigenvalue weighted by atomic mass is 10.0. The molecule has 0 bridgehead atoms. The van der Waals surface area contributed by atoms with Gasteiger partial charge in [0.25, 0.3) is 0 Å². The van der Waals surface area contributed by atoms with E-state index in [4.69, 9.17) is 0 Å². The first-order chi connectivity index (χ1) is 9.56. The summed E-state index contributed by atoms with van der Waals surface area (Å²) in [6, 6.07) is 15.3. The first kappa shape index (κ1) is 14.1. The zero-order chi connectivity index (χ0) is 14.5. The lowest BCUT2D eigenvalue weighted by molar-refractivity contribution is -0.482. The van der Waals surface area contributed by atoms with Crippen LogP contribution in [-0.2, 0) is 0 Å². The summed E-state index contributed by atoms with van der Waals surface area (Å²) in [4.78, 5) is 10.6. The molecule has 0 saturated carbocycles. The van der Waals surface area contributed by atoms with Gasteiger partial charge < -0.3 is 5.32 Å².